The summed E-state index contributed by atoms with van der Waals surface area (Å²) in [6.45, 7) is 2.43. The molecular weight excluding hydrogens is 274 g/mol. The molecule has 2 heterocycles. The van der Waals surface area contributed by atoms with E-state index < -0.39 is 0 Å². The van der Waals surface area contributed by atoms with E-state index >= 15 is 0 Å². The molecule has 22 heavy (non-hydrogen) atoms. The molecule has 3 nitrogen and oxygen atoms in total. The molecule has 4 rings (SSSR count). The van der Waals surface area contributed by atoms with Crippen molar-refractivity contribution >= 4 is 0 Å². The second-order valence-electron chi connectivity index (χ2n) is 7.17. The van der Waals surface area contributed by atoms with Gasteiger partial charge >= 0.3 is 0 Å². The number of benzene rings is 1. The molecule has 1 saturated carbocycles. The maximum absolute atomic E-state index is 6.34. The van der Waals surface area contributed by atoms with Crippen molar-refractivity contribution in [2.24, 2.45) is 5.73 Å². The van der Waals surface area contributed by atoms with E-state index in [1.54, 1.807) is 0 Å². The number of hydrogen-bond donors (Lipinski definition) is 1. The molecule has 1 aliphatic carbocycles. The molecule has 1 aromatic rings. The van der Waals surface area contributed by atoms with Crippen molar-refractivity contribution in [3.63, 3.8) is 0 Å². The Morgan fingerprint density at radius 2 is 1.73 bits per heavy atom. The number of nitrogens with two attached hydrogens (primary N) is 1. The van der Waals surface area contributed by atoms with Crippen LogP contribution < -0.4 is 15.2 Å². The van der Waals surface area contributed by atoms with E-state index in [9.17, 15) is 0 Å². The molecule has 0 aromatic heterocycles. The van der Waals surface area contributed by atoms with Crippen LogP contribution in [0.2, 0.25) is 0 Å². The van der Waals surface area contributed by atoms with Crippen molar-refractivity contribution in [2.45, 2.75) is 63.2 Å². The number of aryl methyl sites for hydroxylation is 1. The maximum atomic E-state index is 6.34. The van der Waals surface area contributed by atoms with Crippen molar-refractivity contribution in [1.82, 2.24) is 0 Å². The average molecular weight is 301 g/mol. The van der Waals surface area contributed by atoms with Crippen LogP contribution in [0.25, 0.3) is 0 Å². The van der Waals surface area contributed by atoms with Crippen LogP contribution in [0.15, 0.2) is 6.07 Å². The van der Waals surface area contributed by atoms with Crippen molar-refractivity contribution in [1.29, 1.82) is 0 Å². The van der Waals surface area contributed by atoms with Gasteiger partial charge in [-0.15, -0.1) is 0 Å². The highest BCUT2D eigenvalue weighted by Crippen LogP contribution is 2.50. The smallest absolute Gasteiger partial charge is 0.126 e. The first-order chi connectivity index (χ1) is 10.8. The summed E-state index contributed by atoms with van der Waals surface area (Å²) in [5.41, 5.74) is 10.6. The van der Waals surface area contributed by atoms with E-state index in [2.05, 4.69) is 6.07 Å². The molecule has 0 bridgehead atoms. The summed E-state index contributed by atoms with van der Waals surface area (Å²) in [7, 11) is 0. The Kier molecular flexibility index (Phi) is 3.77. The van der Waals surface area contributed by atoms with Crippen LogP contribution >= 0.6 is 0 Å². The molecule has 3 aliphatic rings. The predicted octanol–water partition coefficient (Wildman–Crippen LogP) is 3.50. The van der Waals surface area contributed by atoms with Gasteiger partial charge in [0.25, 0.3) is 0 Å². The van der Waals surface area contributed by atoms with Crippen LogP contribution in [0, 0.1) is 0 Å². The molecule has 0 saturated heterocycles. The van der Waals surface area contributed by atoms with E-state index in [1.807, 2.05) is 0 Å². The highest BCUT2D eigenvalue weighted by Gasteiger charge is 2.40. The van der Waals surface area contributed by atoms with Gasteiger partial charge in [-0.3, -0.25) is 0 Å². The lowest BCUT2D eigenvalue weighted by Gasteiger charge is -2.41. The first kappa shape index (κ1) is 14.4. The highest BCUT2D eigenvalue weighted by atomic mass is 16.5. The molecular formula is C19H27NO2. The van der Waals surface area contributed by atoms with Crippen LogP contribution in [0.4, 0.5) is 0 Å². The van der Waals surface area contributed by atoms with Crippen LogP contribution in [0.3, 0.4) is 0 Å². The average Bonchev–Trinajstić information content (AvgIpc) is 2.60. The summed E-state index contributed by atoms with van der Waals surface area (Å²) in [4.78, 5) is 0. The van der Waals surface area contributed by atoms with Gasteiger partial charge < -0.3 is 15.2 Å². The molecule has 3 heteroatoms. The first-order valence-electron chi connectivity index (χ1n) is 8.99. The zero-order valence-corrected chi connectivity index (χ0v) is 13.5. The summed E-state index contributed by atoms with van der Waals surface area (Å²) in [5.74, 6) is 2.28. The number of fused-ring (bicyclic) bond motifs is 2. The Balaban J connectivity index is 1.91. The molecule has 0 spiro atoms. The zero-order valence-electron chi connectivity index (χ0n) is 13.5. The molecule has 0 amide bonds. The lowest BCUT2D eigenvalue weighted by molar-refractivity contribution is 0.241. The van der Waals surface area contributed by atoms with Gasteiger partial charge in [0, 0.05) is 23.1 Å². The largest absolute Gasteiger partial charge is 0.493 e. The van der Waals surface area contributed by atoms with Gasteiger partial charge in [-0.25, -0.2) is 0 Å². The molecule has 2 aliphatic heterocycles. The molecule has 1 fully saturated rings. The van der Waals surface area contributed by atoms with Crippen LogP contribution in [0.5, 0.6) is 11.5 Å². The van der Waals surface area contributed by atoms with Crippen molar-refractivity contribution in [3.05, 3.63) is 22.8 Å². The number of ether oxygens (including phenoxy) is 2. The Labute approximate surface area is 133 Å². The minimum atomic E-state index is 0.117. The normalized spacial score (nSPS) is 23.0. The van der Waals surface area contributed by atoms with E-state index in [-0.39, 0.29) is 5.41 Å². The fourth-order valence-electron chi connectivity index (χ4n) is 4.67. The molecule has 1 aromatic carbocycles. The standard InChI is InChI=1S/C19H27NO2/c20-13-19(8-2-1-3-9-19)17-15-7-5-10-21-16(15)12-14-6-4-11-22-18(14)17/h12H,1-11,13,20H2. The van der Waals surface area contributed by atoms with E-state index in [4.69, 9.17) is 15.2 Å². The minimum Gasteiger partial charge on any atom is -0.493 e. The lowest BCUT2D eigenvalue weighted by Crippen LogP contribution is -2.39. The van der Waals surface area contributed by atoms with Crippen LogP contribution in [0.1, 0.15) is 61.6 Å². The van der Waals surface area contributed by atoms with Gasteiger partial charge in [0.05, 0.1) is 13.2 Å². The van der Waals surface area contributed by atoms with Crippen LogP contribution in [-0.2, 0) is 18.3 Å². The highest BCUT2D eigenvalue weighted by molar-refractivity contribution is 5.58. The second kappa shape index (κ2) is 5.77. The third-order valence-electron chi connectivity index (χ3n) is 5.82. The fourth-order valence-corrected chi connectivity index (χ4v) is 4.67. The monoisotopic (exact) mass is 301 g/mol. The summed E-state index contributed by atoms with van der Waals surface area (Å²) in [6, 6.07) is 2.25. The second-order valence-corrected chi connectivity index (χ2v) is 7.17. The zero-order chi connectivity index (χ0) is 15.0. The molecule has 2 N–H and O–H groups in total. The maximum Gasteiger partial charge on any atom is 0.126 e. The summed E-state index contributed by atoms with van der Waals surface area (Å²) in [5, 5.41) is 0. The Bertz CT molecular complexity index is 527. The first-order valence-corrected chi connectivity index (χ1v) is 8.99. The van der Waals surface area contributed by atoms with Gasteiger partial charge in [0.2, 0.25) is 0 Å². The van der Waals surface area contributed by atoms with Gasteiger partial charge in [0.15, 0.2) is 0 Å². The van der Waals surface area contributed by atoms with Crippen LogP contribution in [-0.4, -0.2) is 19.8 Å². The minimum absolute atomic E-state index is 0.117. The molecule has 120 valence electrons. The molecule has 0 radical (unpaired) electrons. The summed E-state index contributed by atoms with van der Waals surface area (Å²) in [6.07, 6.45) is 10.8. The summed E-state index contributed by atoms with van der Waals surface area (Å²) < 4.78 is 12.2. The molecule has 0 atom stereocenters. The quantitative estimate of drug-likeness (QED) is 0.909. The van der Waals surface area contributed by atoms with Gasteiger partial charge in [0.1, 0.15) is 11.5 Å². The fraction of sp³-hybridized carbons (Fsp3) is 0.684. The van der Waals surface area contributed by atoms with Crippen molar-refractivity contribution in [2.75, 3.05) is 19.8 Å². The van der Waals surface area contributed by atoms with Crippen molar-refractivity contribution in [3.8, 4) is 11.5 Å². The predicted molar refractivity (Wildman–Crippen MR) is 87.9 cm³/mol. The van der Waals surface area contributed by atoms with Gasteiger partial charge in [-0.1, -0.05) is 19.3 Å². The van der Waals surface area contributed by atoms with E-state index in [1.165, 1.54) is 54.5 Å². The Hall–Kier alpha value is -1.22. The SMILES string of the molecule is NCC1(c2c3c(cc4c2OCCC4)OCCC3)CCCCC1. The topological polar surface area (TPSA) is 44.5 Å². The Morgan fingerprint density at radius 1 is 0.955 bits per heavy atom. The Morgan fingerprint density at radius 3 is 2.55 bits per heavy atom. The third-order valence-corrected chi connectivity index (χ3v) is 5.82. The lowest BCUT2D eigenvalue weighted by atomic mass is 9.66. The number of hydrogen-bond acceptors (Lipinski definition) is 3. The third kappa shape index (κ3) is 2.21. The summed E-state index contributed by atoms with van der Waals surface area (Å²) >= 11 is 0. The van der Waals surface area contributed by atoms with Crippen molar-refractivity contribution < 1.29 is 9.47 Å². The molecule has 0 unspecified atom stereocenters. The van der Waals surface area contributed by atoms with Gasteiger partial charge in [-0.05, 0) is 50.2 Å². The van der Waals surface area contributed by atoms with E-state index in [0.717, 1.165) is 51.2 Å². The van der Waals surface area contributed by atoms with Gasteiger partial charge in [-0.2, -0.15) is 0 Å². The van der Waals surface area contributed by atoms with E-state index in [0.29, 0.717) is 0 Å². The number of rotatable bonds is 2.